The van der Waals surface area contributed by atoms with Crippen LogP contribution in [0.15, 0.2) is 59.2 Å². The maximum Gasteiger partial charge on any atom is 0.428 e. The minimum atomic E-state index is -4.86. The van der Waals surface area contributed by atoms with E-state index in [4.69, 9.17) is 4.42 Å². The van der Waals surface area contributed by atoms with E-state index in [1.54, 1.807) is 30.3 Å². The Morgan fingerprint density at radius 3 is 2.21 bits per heavy atom. The Hall–Kier alpha value is -2.01. The van der Waals surface area contributed by atoms with Crippen molar-refractivity contribution in [1.82, 2.24) is 0 Å². The van der Waals surface area contributed by atoms with Crippen LogP contribution in [0, 0.1) is 0 Å². The van der Waals surface area contributed by atoms with Crippen molar-refractivity contribution in [2.75, 3.05) is 0 Å². The molecular weight excluding hydrogens is 257 g/mol. The van der Waals surface area contributed by atoms with Gasteiger partial charge in [0.05, 0.1) is 6.26 Å². The molecule has 0 amide bonds. The zero-order valence-electron chi connectivity index (χ0n) is 9.76. The number of alkyl halides is 3. The zero-order valence-corrected chi connectivity index (χ0v) is 9.76. The van der Waals surface area contributed by atoms with Gasteiger partial charge in [0, 0.05) is 0 Å². The van der Waals surface area contributed by atoms with Crippen LogP contribution in [0.25, 0.3) is 6.08 Å². The summed E-state index contributed by atoms with van der Waals surface area (Å²) in [7, 11) is 0. The van der Waals surface area contributed by atoms with Crippen molar-refractivity contribution >= 4 is 6.08 Å². The molecule has 1 atom stereocenters. The van der Waals surface area contributed by atoms with E-state index >= 15 is 0 Å². The van der Waals surface area contributed by atoms with E-state index < -0.39 is 17.5 Å². The largest absolute Gasteiger partial charge is 0.466 e. The molecule has 0 radical (unpaired) electrons. The van der Waals surface area contributed by atoms with E-state index in [9.17, 15) is 18.3 Å². The summed E-state index contributed by atoms with van der Waals surface area (Å²) in [6.07, 6.45) is -1.89. The van der Waals surface area contributed by atoms with Gasteiger partial charge in [0.1, 0.15) is 5.76 Å². The predicted octanol–water partition coefficient (Wildman–Crippen LogP) is 3.74. The van der Waals surface area contributed by atoms with Crippen LogP contribution in [-0.2, 0) is 5.60 Å². The second-order valence-electron chi connectivity index (χ2n) is 3.99. The smallest absolute Gasteiger partial charge is 0.428 e. The average molecular weight is 268 g/mol. The molecule has 0 saturated heterocycles. The molecule has 0 saturated carbocycles. The second-order valence-corrected chi connectivity index (χ2v) is 3.99. The number of hydrogen-bond acceptors (Lipinski definition) is 2. The van der Waals surface area contributed by atoms with Crippen molar-refractivity contribution in [2.24, 2.45) is 0 Å². The highest BCUT2D eigenvalue weighted by Gasteiger charge is 2.55. The third-order valence-electron chi connectivity index (χ3n) is 2.65. The molecule has 1 unspecified atom stereocenters. The first-order chi connectivity index (χ1) is 8.93. The van der Waals surface area contributed by atoms with Gasteiger partial charge in [0.15, 0.2) is 0 Å². The summed E-state index contributed by atoms with van der Waals surface area (Å²) in [6, 6.07) is 10.8. The molecule has 0 aliphatic rings. The van der Waals surface area contributed by atoms with E-state index in [2.05, 4.69) is 0 Å². The first-order valence-corrected chi connectivity index (χ1v) is 5.51. The van der Waals surface area contributed by atoms with Crippen LogP contribution >= 0.6 is 0 Å². The molecule has 0 aliphatic heterocycles. The van der Waals surface area contributed by atoms with Crippen LogP contribution in [-0.4, -0.2) is 11.3 Å². The van der Waals surface area contributed by atoms with Gasteiger partial charge < -0.3 is 9.52 Å². The van der Waals surface area contributed by atoms with Crippen molar-refractivity contribution in [3.8, 4) is 0 Å². The predicted molar refractivity (Wildman–Crippen MR) is 64.1 cm³/mol. The van der Waals surface area contributed by atoms with Crippen molar-refractivity contribution < 1.29 is 22.7 Å². The molecule has 2 nitrogen and oxygen atoms in total. The van der Waals surface area contributed by atoms with E-state index in [-0.39, 0.29) is 0 Å². The van der Waals surface area contributed by atoms with Crippen molar-refractivity contribution in [2.45, 2.75) is 11.8 Å². The highest BCUT2D eigenvalue weighted by molar-refractivity contribution is 5.51. The van der Waals surface area contributed by atoms with E-state index in [0.717, 1.165) is 12.3 Å². The summed E-state index contributed by atoms with van der Waals surface area (Å²) in [4.78, 5) is 0. The number of benzene rings is 1. The number of aliphatic hydroxyl groups is 1. The van der Waals surface area contributed by atoms with Gasteiger partial charge in [-0.3, -0.25) is 0 Å². The highest BCUT2D eigenvalue weighted by Crippen LogP contribution is 2.40. The average Bonchev–Trinajstić information content (AvgIpc) is 2.90. The topological polar surface area (TPSA) is 33.4 Å². The Balaban J connectivity index is 2.38. The van der Waals surface area contributed by atoms with E-state index in [1.807, 2.05) is 0 Å². The Morgan fingerprint density at radius 2 is 1.68 bits per heavy atom. The van der Waals surface area contributed by atoms with E-state index in [0.29, 0.717) is 11.6 Å². The maximum atomic E-state index is 13.0. The molecule has 1 aromatic heterocycles. The van der Waals surface area contributed by atoms with Crippen LogP contribution in [0.4, 0.5) is 13.2 Å². The quantitative estimate of drug-likeness (QED) is 0.919. The Morgan fingerprint density at radius 1 is 1.00 bits per heavy atom. The molecule has 0 spiro atoms. The highest BCUT2D eigenvalue weighted by atomic mass is 19.4. The third kappa shape index (κ3) is 2.71. The van der Waals surface area contributed by atoms with Gasteiger partial charge in [0.2, 0.25) is 5.60 Å². The zero-order chi connectivity index (χ0) is 13.9. The maximum absolute atomic E-state index is 13.0. The van der Waals surface area contributed by atoms with Gasteiger partial charge in [-0.1, -0.05) is 36.4 Å². The third-order valence-corrected chi connectivity index (χ3v) is 2.65. The monoisotopic (exact) mass is 268 g/mol. The fourth-order valence-corrected chi connectivity index (χ4v) is 1.59. The molecule has 1 N–H and O–H groups in total. The standard InChI is InChI=1S/C14H11F3O2/c15-14(16,17)13(18,12-7-4-10-19-12)9-8-11-5-2-1-3-6-11/h1-10,18H. The van der Waals surface area contributed by atoms with Crippen molar-refractivity contribution in [3.63, 3.8) is 0 Å². The lowest BCUT2D eigenvalue weighted by Crippen LogP contribution is -2.40. The lowest BCUT2D eigenvalue weighted by Gasteiger charge is -2.25. The van der Waals surface area contributed by atoms with Crippen molar-refractivity contribution in [1.29, 1.82) is 0 Å². The molecule has 2 rings (SSSR count). The minimum absolute atomic E-state index is 0.553. The molecular formula is C14H11F3O2. The molecule has 100 valence electrons. The van der Waals surface area contributed by atoms with Gasteiger partial charge in [-0.15, -0.1) is 0 Å². The van der Waals surface area contributed by atoms with Crippen LogP contribution in [0.2, 0.25) is 0 Å². The number of rotatable bonds is 3. The number of halogens is 3. The Labute approximate surface area is 107 Å². The summed E-state index contributed by atoms with van der Waals surface area (Å²) < 4.78 is 43.7. The van der Waals surface area contributed by atoms with Crippen LogP contribution in [0.3, 0.4) is 0 Å². The van der Waals surface area contributed by atoms with Gasteiger partial charge in [-0.05, 0) is 23.8 Å². The summed E-state index contributed by atoms with van der Waals surface area (Å²) in [5.41, 5.74) is -2.58. The van der Waals surface area contributed by atoms with Gasteiger partial charge in [-0.2, -0.15) is 13.2 Å². The van der Waals surface area contributed by atoms with E-state index in [1.165, 1.54) is 12.1 Å². The lowest BCUT2D eigenvalue weighted by atomic mass is 9.98. The molecule has 1 aromatic carbocycles. The molecule has 0 aliphatic carbocycles. The lowest BCUT2D eigenvalue weighted by molar-refractivity contribution is -0.250. The number of furan rings is 1. The molecule has 0 bridgehead atoms. The fourth-order valence-electron chi connectivity index (χ4n) is 1.59. The van der Waals surface area contributed by atoms with Crippen LogP contribution in [0.1, 0.15) is 11.3 Å². The molecule has 5 heteroatoms. The fraction of sp³-hybridized carbons (Fsp3) is 0.143. The second kappa shape index (κ2) is 4.93. The first kappa shape index (κ1) is 13.4. The SMILES string of the molecule is OC(C=Cc1ccccc1)(c1ccco1)C(F)(F)F. The normalized spacial score (nSPS) is 15.6. The molecule has 1 heterocycles. The summed E-state index contributed by atoms with van der Waals surface area (Å²) >= 11 is 0. The Kier molecular flexibility index (Phi) is 3.48. The Bertz CT molecular complexity index is 544. The number of hydrogen-bond donors (Lipinski definition) is 1. The first-order valence-electron chi connectivity index (χ1n) is 5.51. The van der Waals surface area contributed by atoms with Gasteiger partial charge >= 0.3 is 6.18 Å². The molecule has 2 aromatic rings. The van der Waals surface area contributed by atoms with Gasteiger partial charge in [0.25, 0.3) is 0 Å². The summed E-state index contributed by atoms with van der Waals surface area (Å²) in [5.74, 6) is -0.563. The molecule has 0 fully saturated rings. The summed E-state index contributed by atoms with van der Waals surface area (Å²) in [6.45, 7) is 0. The minimum Gasteiger partial charge on any atom is -0.466 e. The molecule has 19 heavy (non-hydrogen) atoms. The van der Waals surface area contributed by atoms with Crippen molar-refractivity contribution in [3.05, 3.63) is 66.1 Å². The van der Waals surface area contributed by atoms with Gasteiger partial charge in [-0.25, -0.2) is 0 Å². The van der Waals surface area contributed by atoms with Crippen LogP contribution in [0.5, 0.6) is 0 Å². The van der Waals surface area contributed by atoms with Crippen LogP contribution < -0.4 is 0 Å². The summed E-state index contributed by atoms with van der Waals surface area (Å²) in [5, 5.41) is 9.86.